The van der Waals surface area contributed by atoms with E-state index in [1.165, 1.54) is 13.8 Å². The number of hydrogen-bond acceptors (Lipinski definition) is 6. The van der Waals surface area contributed by atoms with E-state index in [2.05, 4.69) is 0 Å². The van der Waals surface area contributed by atoms with Crippen LogP contribution in [0, 0.1) is 23.7 Å². The molecule has 1 saturated heterocycles. The molecule has 3 fully saturated rings. The highest BCUT2D eigenvalue weighted by Crippen LogP contribution is 2.57. The van der Waals surface area contributed by atoms with Gasteiger partial charge in [0.1, 0.15) is 12.2 Å². The van der Waals surface area contributed by atoms with Crippen molar-refractivity contribution < 1.29 is 28.6 Å². The Hall–Kier alpha value is -1.59. The van der Waals surface area contributed by atoms with Gasteiger partial charge in [-0.3, -0.25) is 14.4 Å². The van der Waals surface area contributed by atoms with Gasteiger partial charge >= 0.3 is 17.9 Å². The number of cyclic esters (lactones) is 1. The molecule has 0 amide bonds. The molecule has 2 aliphatic carbocycles. The minimum absolute atomic E-state index is 0.0000463. The van der Waals surface area contributed by atoms with Crippen LogP contribution in [0.3, 0.4) is 0 Å². The molecule has 6 nitrogen and oxygen atoms in total. The molecule has 6 heteroatoms. The lowest BCUT2D eigenvalue weighted by molar-refractivity contribution is -0.155. The smallest absolute Gasteiger partial charge is 0.309 e. The fraction of sp³-hybridized carbons (Fsp3) is 0.769. The van der Waals surface area contributed by atoms with Crippen LogP contribution < -0.4 is 0 Å². The maximum Gasteiger partial charge on any atom is 0.309 e. The molecule has 3 rings (SSSR count). The fourth-order valence-corrected chi connectivity index (χ4v) is 4.02. The van der Waals surface area contributed by atoms with Crippen LogP contribution in [0.4, 0.5) is 0 Å². The molecular formula is C13H16O6. The van der Waals surface area contributed by atoms with Gasteiger partial charge in [-0.25, -0.2) is 0 Å². The zero-order chi connectivity index (χ0) is 13.7. The van der Waals surface area contributed by atoms with Gasteiger partial charge in [-0.05, 0) is 6.42 Å². The van der Waals surface area contributed by atoms with Crippen LogP contribution >= 0.6 is 0 Å². The van der Waals surface area contributed by atoms with Gasteiger partial charge in [-0.1, -0.05) is 0 Å². The summed E-state index contributed by atoms with van der Waals surface area (Å²) in [6.07, 6.45) is -0.0364. The maximum absolute atomic E-state index is 11.7. The lowest BCUT2D eigenvalue weighted by Gasteiger charge is -2.27. The first-order valence-electron chi connectivity index (χ1n) is 6.50. The van der Waals surface area contributed by atoms with Crippen molar-refractivity contribution in [2.75, 3.05) is 6.61 Å². The topological polar surface area (TPSA) is 78.9 Å². The number of rotatable bonds is 2. The van der Waals surface area contributed by atoms with E-state index < -0.39 is 0 Å². The molecule has 0 N–H and O–H groups in total. The first-order chi connectivity index (χ1) is 8.99. The third kappa shape index (κ3) is 1.81. The number of carbonyl (C=O) groups is 3. The summed E-state index contributed by atoms with van der Waals surface area (Å²) in [5.74, 6) is -1.33. The van der Waals surface area contributed by atoms with Gasteiger partial charge in [0.05, 0.1) is 12.5 Å². The van der Waals surface area contributed by atoms with Crippen LogP contribution in [0.2, 0.25) is 0 Å². The van der Waals surface area contributed by atoms with Crippen LogP contribution in [0.5, 0.6) is 0 Å². The molecule has 2 bridgehead atoms. The molecule has 0 spiro atoms. The van der Waals surface area contributed by atoms with E-state index >= 15 is 0 Å². The molecule has 0 unspecified atom stereocenters. The summed E-state index contributed by atoms with van der Waals surface area (Å²) < 4.78 is 15.7. The van der Waals surface area contributed by atoms with E-state index in [1.54, 1.807) is 0 Å². The van der Waals surface area contributed by atoms with Crippen LogP contribution in [0.1, 0.15) is 20.3 Å². The summed E-state index contributed by atoms with van der Waals surface area (Å²) in [6, 6.07) is 0. The van der Waals surface area contributed by atoms with Gasteiger partial charge in [0.2, 0.25) is 0 Å². The summed E-state index contributed by atoms with van der Waals surface area (Å²) in [6.45, 7) is 3.05. The largest absolute Gasteiger partial charge is 0.465 e. The molecule has 0 radical (unpaired) electrons. The van der Waals surface area contributed by atoms with Crippen LogP contribution in [0.15, 0.2) is 0 Å². The first kappa shape index (κ1) is 12.4. The number of ether oxygens (including phenoxy) is 3. The van der Waals surface area contributed by atoms with Gasteiger partial charge in [-0.2, -0.15) is 0 Å². The second-order valence-electron chi connectivity index (χ2n) is 5.52. The Bertz CT molecular complexity index is 444. The minimum Gasteiger partial charge on any atom is -0.465 e. The van der Waals surface area contributed by atoms with Crippen molar-refractivity contribution in [2.24, 2.45) is 23.7 Å². The summed E-state index contributed by atoms with van der Waals surface area (Å²) >= 11 is 0. The Labute approximate surface area is 110 Å². The Kier molecular flexibility index (Phi) is 2.76. The highest BCUT2D eigenvalue weighted by Gasteiger charge is 2.66. The van der Waals surface area contributed by atoms with Gasteiger partial charge in [0.25, 0.3) is 0 Å². The average molecular weight is 268 g/mol. The van der Waals surface area contributed by atoms with Crippen LogP contribution in [-0.2, 0) is 28.6 Å². The van der Waals surface area contributed by atoms with Crippen molar-refractivity contribution in [3.8, 4) is 0 Å². The molecule has 3 aliphatic rings. The highest BCUT2D eigenvalue weighted by molar-refractivity contribution is 5.77. The Morgan fingerprint density at radius 2 is 1.84 bits per heavy atom. The average Bonchev–Trinajstić information content (AvgIpc) is 2.89. The molecule has 6 atom stereocenters. The van der Waals surface area contributed by atoms with E-state index in [4.69, 9.17) is 14.2 Å². The highest BCUT2D eigenvalue weighted by atomic mass is 16.6. The third-order valence-electron chi connectivity index (χ3n) is 4.46. The van der Waals surface area contributed by atoms with Crippen molar-refractivity contribution in [3.63, 3.8) is 0 Å². The van der Waals surface area contributed by atoms with E-state index in [0.717, 1.165) is 0 Å². The van der Waals surface area contributed by atoms with E-state index in [-0.39, 0.29) is 53.8 Å². The Morgan fingerprint density at radius 1 is 1.16 bits per heavy atom. The van der Waals surface area contributed by atoms with Gasteiger partial charge in [0.15, 0.2) is 0 Å². The zero-order valence-electron chi connectivity index (χ0n) is 10.8. The van der Waals surface area contributed by atoms with E-state index in [1.807, 2.05) is 0 Å². The molecule has 2 saturated carbocycles. The fourth-order valence-electron chi connectivity index (χ4n) is 4.02. The Balaban J connectivity index is 1.85. The lowest BCUT2D eigenvalue weighted by Crippen LogP contribution is -2.35. The normalized spacial score (nSPS) is 42.7. The zero-order valence-corrected chi connectivity index (χ0v) is 10.8. The Morgan fingerprint density at radius 3 is 2.47 bits per heavy atom. The molecular weight excluding hydrogens is 252 g/mol. The quantitative estimate of drug-likeness (QED) is 0.529. The number of hydrogen-bond donors (Lipinski definition) is 0. The third-order valence-corrected chi connectivity index (χ3v) is 4.46. The molecule has 0 aromatic heterocycles. The molecule has 1 aliphatic heterocycles. The van der Waals surface area contributed by atoms with Crippen molar-refractivity contribution in [2.45, 2.75) is 32.5 Å². The number of carbonyl (C=O) groups excluding carboxylic acids is 3. The standard InChI is InChI=1S/C13H16O6/c1-5(14)18-9-3-7-10-8(4-17-13(10)16)11(9)12(7)19-6(2)15/h7-12H,3-4H2,1-2H3/t7-,8-,9+,10-,11-,12-/m0/s1. The number of fused-ring (bicyclic) bond motifs is 5. The van der Waals surface area contributed by atoms with Gasteiger partial charge < -0.3 is 14.2 Å². The van der Waals surface area contributed by atoms with E-state index in [0.29, 0.717) is 13.0 Å². The van der Waals surface area contributed by atoms with Crippen molar-refractivity contribution >= 4 is 17.9 Å². The second-order valence-corrected chi connectivity index (χ2v) is 5.52. The summed E-state index contributed by atoms with van der Waals surface area (Å²) in [4.78, 5) is 34.1. The molecule has 1 heterocycles. The number of esters is 3. The van der Waals surface area contributed by atoms with Crippen molar-refractivity contribution in [3.05, 3.63) is 0 Å². The van der Waals surface area contributed by atoms with Gasteiger partial charge in [-0.15, -0.1) is 0 Å². The lowest BCUT2D eigenvalue weighted by atomic mass is 9.80. The van der Waals surface area contributed by atoms with Crippen molar-refractivity contribution in [1.29, 1.82) is 0 Å². The van der Waals surface area contributed by atoms with E-state index in [9.17, 15) is 14.4 Å². The predicted molar refractivity (Wildman–Crippen MR) is 60.6 cm³/mol. The second kappa shape index (κ2) is 4.21. The molecule has 0 aromatic carbocycles. The first-order valence-corrected chi connectivity index (χ1v) is 6.50. The van der Waals surface area contributed by atoms with Crippen LogP contribution in [-0.4, -0.2) is 36.7 Å². The maximum atomic E-state index is 11.7. The SMILES string of the molecule is CC(=O)O[C@H]1[C@H]2C[C@@H](OC(C)=O)[C@@H]1[C@H]1COC(=O)[C@@H]21. The monoisotopic (exact) mass is 268 g/mol. The van der Waals surface area contributed by atoms with Crippen LogP contribution in [0.25, 0.3) is 0 Å². The summed E-state index contributed by atoms with van der Waals surface area (Å²) in [5, 5.41) is 0. The van der Waals surface area contributed by atoms with Gasteiger partial charge in [0, 0.05) is 31.6 Å². The molecule has 104 valence electrons. The van der Waals surface area contributed by atoms with Crippen molar-refractivity contribution in [1.82, 2.24) is 0 Å². The molecule has 0 aromatic rings. The summed E-state index contributed by atoms with van der Waals surface area (Å²) in [5.41, 5.74) is 0. The summed E-state index contributed by atoms with van der Waals surface area (Å²) in [7, 11) is 0. The minimum atomic E-state index is -0.364. The predicted octanol–water partition coefficient (Wildman–Crippen LogP) is 0.289. The molecule has 19 heavy (non-hydrogen) atoms.